The first-order valence-electron chi connectivity index (χ1n) is 5.47. The van der Waals surface area contributed by atoms with Gasteiger partial charge in [-0.1, -0.05) is 12.1 Å². The molecule has 5 nitrogen and oxygen atoms in total. The van der Waals surface area contributed by atoms with Gasteiger partial charge < -0.3 is 24.8 Å². The van der Waals surface area contributed by atoms with Crippen molar-refractivity contribution in [2.75, 3.05) is 6.61 Å². The van der Waals surface area contributed by atoms with Gasteiger partial charge in [-0.2, -0.15) is 0 Å². The number of hydrogen-bond acceptors (Lipinski definition) is 5. The molecular weight excluding hydrogens is 224 g/mol. The van der Waals surface area contributed by atoms with Crippen LogP contribution < -0.4 is 4.74 Å². The fraction of sp³-hybridized carbons (Fsp3) is 0.500. The lowest BCUT2D eigenvalue weighted by Crippen LogP contribution is -2.54. The van der Waals surface area contributed by atoms with Crippen molar-refractivity contribution in [1.82, 2.24) is 0 Å². The summed E-state index contributed by atoms with van der Waals surface area (Å²) in [5, 5.41) is 28.5. The van der Waals surface area contributed by atoms with Crippen molar-refractivity contribution >= 4 is 0 Å². The van der Waals surface area contributed by atoms with E-state index in [-0.39, 0.29) is 6.61 Å². The van der Waals surface area contributed by atoms with E-state index in [2.05, 4.69) is 0 Å². The maximum absolute atomic E-state index is 9.68. The van der Waals surface area contributed by atoms with Crippen molar-refractivity contribution in [1.29, 1.82) is 0 Å². The van der Waals surface area contributed by atoms with Crippen molar-refractivity contribution in [2.45, 2.75) is 31.5 Å². The SMILES string of the molecule is Cc1cccc(O[C@H]2OC[C@@H](O)[C@@H](O)[C@@H]2O)c1. The van der Waals surface area contributed by atoms with Crippen molar-refractivity contribution in [3.05, 3.63) is 29.8 Å². The van der Waals surface area contributed by atoms with Gasteiger partial charge in [0, 0.05) is 0 Å². The summed E-state index contributed by atoms with van der Waals surface area (Å²) in [4.78, 5) is 0. The van der Waals surface area contributed by atoms with Crippen LogP contribution in [0, 0.1) is 6.92 Å². The largest absolute Gasteiger partial charge is 0.462 e. The van der Waals surface area contributed by atoms with Crippen LogP contribution in [0.3, 0.4) is 0 Å². The Morgan fingerprint density at radius 2 is 2.00 bits per heavy atom. The van der Waals surface area contributed by atoms with Gasteiger partial charge in [0.2, 0.25) is 6.29 Å². The topological polar surface area (TPSA) is 79.2 Å². The van der Waals surface area contributed by atoms with E-state index >= 15 is 0 Å². The molecule has 0 radical (unpaired) electrons. The highest BCUT2D eigenvalue weighted by atomic mass is 16.7. The fourth-order valence-corrected chi connectivity index (χ4v) is 1.71. The van der Waals surface area contributed by atoms with Crippen LogP contribution in [0.15, 0.2) is 24.3 Å². The average Bonchev–Trinajstić information content (AvgIpc) is 2.30. The molecule has 0 amide bonds. The zero-order valence-electron chi connectivity index (χ0n) is 9.48. The van der Waals surface area contributed by atoms with E-state index < -0.39 is 24.6 Å². The van der Waals surface area contributed by atoms with Crippen LogP contribution in [0.1, 0.15) is 5.56 Å². The minimum Gasteiger partial charge on any atom is -0.462 e. The first kappa shape index (κ1) is 12.3. The van der Waals surface area contributed by atoms with E-state index in [1.165, 1.54) is 0 Å². The Labute approximate surface area is 99.2 Å². The first-order valence-corrected chi connectivity index (χ1v) is 5.47. The number of hydrogen-bond donors (Lipinski definition) is 3. The molecule has 1 fully saturated rings. The lowest BCUT2D eigenvalue weighted by atomic mass is 10.1. The van der Waals surface area contributed by atoms with E-state index in [1.54, 1.807) is 12.1 Å². The second-order valence-corrected chi connectivity index (χ2v) is 4.18. The smallest absolute Gasteiger partial charge is 0.228 e. The predicted octanol–water partition coefficient (Wildman–Crippen LogP) is -0.187. The third-order valence-electron chi connectivity index (χ3n) is 2.70. The maximum atomic E-state index is 9.68. The predicted molar refractivity (Wildman–Crippen MR) is 59.6 cm³/mol. The van der Waals surface area contributed by atoms with Crippen LogP contribution in [-0.2, 0) is 4.74 Å². The van der Waals surface area contributed by atoms with E-state index in [0.29, 0.717) is 5.75 Å². The van der Waals surface area contributed by atoms with Crippen molar-refractivity contribution < 1.29 is 24.8 Å². The summed E-state index contributed by atoms with van der Waals surface area (Å²) in [5.41, 5.74) is 1.02. The van der Waals surface area contributed by atoms with Gasteiger partial charge >= 0.3 is 0 Å². The normalized spacial score (nSPS) is 33.4. The van der Waals surface area contributed by atoms with E-state index in [1.807, 2.05) is 19.1 Å². The lowest BCUT2D eigenvalue weighted by Gasteiger charge is -2.34. The Bertz CT molecular complexity index is 381. The van der Waals surface area contributed by atoms with E-state index in [4.69, 9.17) is 9.47 Å². The molecule has 94 valence electrons. The highest BCUT2D eigenvalue weighted by Gasteiger charge is 2.38. The fourth-order valence-electron chi connectivity index (χ4n) is 1.71. The minimum atomic E-state index is -1.26. The van der Waals surface area contributed by atoms with Crippen LogP contribution in [-0.4, -0.2) is 46.5 Å². The number of benzene rings is 1. The summed E-state index contributed by atoms with van der Waals surface area (Å²) < 4.78 is 10.6. The van der Waals surface area contributed by atoms with Crippen molar-refractivity contribution in [2.24, 2.45) is 0 Å². The summed E-state index contributed by atoms with van der Waals surface area (Å²) in [6, 6.07) is 7.28. The second kappa shape index (κ2) is 5.01. The van der Waals surface area contributed by atoms with Crippen molar-refractivity contribution in [3.63, 3.8) is 0 Å². The molecule has 5 heteroatoms. The molecule has 1 aliphatic heterocycles. The Hall–Kier alpha value is -1.14. The molecule has 4 atom stereocenters. The highest BCUT2D eigenvalue weighted by molar-refractivity contribution is 5.27. The Morgan fingerprint density at radius 3 is 2.71 bits per heavy atom. The molecule has 0 bridgehead atoms. The summed E-state index contributed by atoms with van der Waals surface area (Å²) in [7, 11) is 0. The summed E-state index contributed by atoms with van der Waals surface area (Å²) in [5.74, 6) is 0.553. The van der Waals surface area contributed by atoms with Crippen LogP contribution >= 0.6 is 0 Å². The summed E-state index contributed by atoms with van der Waals surface area (Å²) in [6.07, 6.45) is -4.56. The van der Waals surface area contributed by atoms with Crippen LogP contribution in [0.2, 0.25) is 0 Å². The standard InChI is InChI=1S/C12H16O5/c1-7-3-2-4-8(5-7)17-12-11(15)10(14)9(13)6-16-12/h2-5,9-15H,6H2,1H3/t9-,10-,11+,12-/m1/s1. The van der Waals surface area contributed by atoms with Gasteiger partial charge in [-0.25, -0.2) is 0 Å². The van der Waals surface area contributed by atoms with Gasteiger partial charge in [0.05, 0.1) is 6.61 Å². The highest BCUT2D eigenvalue weighted by Crippen LogP contribution is 2.21. The number of aryl methyl sites for hydroxylation is 1. The molecule has 1 heterocycles. The number of aliphatic hydroxyl groups excluding tert-OH is 3. The van der Waals surface area contributed by atoms with Crippen LogP contribution in [0.4, 0.5) is 0 Å². The molecule has 0 aliphatic carbocycles. The Balaban J connectivity index is 2.04. The summed E-state index contributed by atoms with van der Waals surface area (Å²) in [6.45, 7) is 1.86. The summed E-state index contributed by atoms with van der Waals surface area (Å²) >= 11 is 0. The third kappa shape index (κ3) is 2.76. The monoisotopic (exact) mass is 240 g/mol. The molecular formula is C12H16O5. The van der Waals surface area contributed by atoms with Gasteiger partial charge in [-0.05, 0) is 24.6 Å². The Kier molecular flexibility index (Phi) is 3.63. The van der Waals surface area contributed by atoms with Crippen LogP contribution in [0.25, 0.3) is 0 Å². The molecule has 0 unspecified atom stereocenters. The zero-order chi connectivity index (χ0) is 12.4. The van der Waals surface area contributed by atoms with Gasteiger partial charge in [0.15, 0.2) is 0 Å². The average molecular weight is 240 g/mol. The molecule has 0 spiro atoms. The maximum Gasteiger partial charge on any atom is 0.228 e. The third-order valence-corrected chi connectivity index (χ3v) is 2.70. The van der Waals surface area contributed by atoms with Gasteiger partial charge in [0.25, 0.3) is 0 Å². The molecule has 1 aromatic rings. The molecule has 3 N–H and O–H groups in total. The van der Waals surface area contributed by atoms with Gasteiger partial charge in [-0.15, -0.1) is 0 Å². The minimum absolute atomic E-state index is 0.0608. The number of aliphatic hydroxyl groups is 3. The lowest BCUT2D eigenvalue weighted by molar-refractivity contribution is -0.242. The van der Waals surface area contributed by atoms with Gasteiger partial charge in [-0.3, -0.25) is 0 Å². The molecule has 1 aromatic carbocycles. The molecule has 1 saturated heterocycles. The molecule has 0 saturated carbocycles. The number of ether oxygens (including phenoxy) is 2. The molecule has 0 aromatic heterocycles. The Morgan fingerprint density at radius 1 is 1.24 bits per heavy atom. The van der Waals surface area contributed by atoms with Crippen molar-refractivity contribution in [3.8, 4) is 5.75 Å². The zero-order valence-corrected chi connectivity index (χ0v) is 9.48. The van der Waals surface area contributed by atoms with Gasteiger partial charge in [0.1, 0.15) is 24.1 Å². The van der Waals surface area contributed by atoms with Crippen LogP contribution in [0.5, 0.6) is 5.75 Å². The van der Waals surface area contributed by atoms with E-state index in [0.717, 1.165) is 5.56 Å². The number of rotatable bonds is 2. The second-order valence-electron chi connectivity index (χ2n) is 4.18. The molecule has 1 aliphatic rings. The quantitative estimate of drug-likeness (QED) is 0.668. The first-order chi connectivity index (χ1) is 8.08. The molecule has 2 rings (SSSR count). The van der Waals surface area contributed by atoms with E-state index in [9.17, 15) is 15.3 Å². The molecule has 17 heavy (non-hydrogen) atoms.